The fraction of sp³-hybridized carbons (Fsp3) is 0.133. The summed E-state index contributed by atoms with van der Waals surface area (Å²) in [5.41, 5.74) is 0.734. The molecule has 0 amide bonds. The third kappa shape index (κ3) is 3.30. The molecule has 0 aliphatic heterocycles. The number of hydrogen-bond donors (Lipinski definition) is 1. The van der Waals surface area contributed by atoms with E-state index in [0.717, 1.165) is 0 Å². The lowest BCUT2D eigenvalue weighted by atomic mass is 10.1. The largest absolute Gasteiger partial charge is 0.491 e. The molecule has 2 aromatic rings. The number of hydrogen-bond acceptors (Lipinski definition) is 3. The summed E-state index contributed by atoms with van der Waals surface area (Å²) in [6, 6.07) is 14.5. The predicted molar refractivity (Wildman–Crippen MR) is 68.0 cm³/mol. The van der Waals surface area contributed by atoms with Gasteiger partial charge in [-0.25, -0.2) is 4.39 Å². The van der Waals surface area contributed by atoms with Crippen molar-refractivity contribution in [2.24, 2.45) is 0 Å². The van der Waals surface area contributed by atoms with Crippen LogP contribution in [-0.4, -0.2) is 11.7 Å². The fourth-order valence-electron chi connectivity index (χ4n) is 1.64. The summed E-state index contributed by atoms with van der Waals surface area (Å²) in [7, 11) is 0. The van der Waals surface area contributed by atoms with Gasteiger partial charge in [0.25, 0.3) is 0 Å². The lowest BCUT2D eigenvalue weighted by Crippen LogP contribution is -2.11. The summed E-state index contributed by atoms with van der Waals surface area (Å²) in [6.07, 6.45) is -1.03. The number of rotatable bonds is 4. The van der Waals surface area contributed by atoms with Crippen molar-refractivity contribution in [1.29, 1.82) is 5.26 Å². The standard InChI is InChI=1S/C15H12FNO2/c16-14-4-2-1-3-13(14)15(18)10-19-12-7-5-11(9-17)6-8-12/h1-8,15,18H,10H2. The molecule has 1 unspecified atom stereocenters. The van der Waals surface area contributed by atoms with Gasteiger partial charge in [-0.15, -0.1) is 0 Å². The van der Waals surface area contributed by atoms with Crippen molar-refractivity contribution in [2.75, 3.05) is 6.61 Å². The highest BCUT2D eigenvalue weighted by Gasteiger charge is 2.12. The summed E-state index contributed by atoms with van der Waals surface area (Å²) >= 11 is 0. The monoisotopic (exact) mass is 257 g/mol. The van der Waals surface area contributed by atoms with Crippen molar-refractivity contribution < 1.29 is 14.2 Å². The first-order chi connectivity index (χ1) is 9.20. The number of ether oxygens (including phenoxy) is 1. The Bertz CT molecular complexity index is 590. The van der Waals surface area contributed by atoms with E-state index in [1.807, 2.05) is 6.07 Å². The number of aliphatic hydroxyl groups excluding tert-OH is 1. The van der Waals surface area contributed by atoms with Crippen LogP contribution in [0.25, 0.3) is 0 Å². The van der Waals surface area contributed by atoms with Crippen LogP contribution < -0.4 is 4.74 Å². The first-order valence-electron chi connectivity index (χ1n) is 5.76. The maximum Gasteiger partial charge on any atom is 0.129 e. The number of aliphatic hydroxyl groups is 1. The lowest BCUT2D eigenvalue weighted by molar-refractivity contribution is 0.105. The van der Waals surface area contributed by atoms with Gasteiger partial charge in [0, 0.05) is 5.56 Å². The summed E-state index contributed by atoms with van der Waals surface area (Å²) in [5.74, 6) is 0.0628. The zero-order valence-electron chi connectivity index (χ0n) is 10.1. The Balaban J connectivity index is 1.98. The zero-order valence-corrected chi connectivity index (χ0v) is 10.1. The molecule has 96 valence electrons. The van der Waals surface area contributed by atoms with Crippen LogP contribution in [0.15, 0.2) is 48.5 Å². The molecule has 3 nitrogen and oxygen atoms in total. The second-order valence-corrected chi connectivity index (χ2v) is 3.98. The summed E-state index contributed by atoms with van der Waals surface area (Å²) in [4.78, 5) is 0. The van der Waals surface area contributed by atoms with Crippen LogP contribution in [0.1, 0.15) is 17.2 Å². The molecule has 0 saturated heterocycles. The van der Waals surface area contributed by atoms with E-state index in [4.69, 9.17) is 10.00 Å². The minimum absolute atomic E-state index is 0.0488. The van der Waals surface area contributed by atoms with Crippen LogP contribution in [0.2, 0.25) is 0 Å². The van der Waals surface area contributed by atoms with Gasteiger partial charge in [0.05, 0.1) is 11.6 Å². The summed E-state index contributed by atoms with van der Waals surface area (Å²) in [5, 5.41) is 18.5. The maximum absolute atomic E-state index is 13.4. The quantitative estimate of drug-likeness (QED) is 0.916. The molecule has 4 heteroatoms. The molecule has 0 aliphatic carbocycles. The van der Waals surface area contributed by atoms with Gasteiger partial charge in [-0.05, 0) is 30.3 Å². The molecule has 1 N–H and O–H groups in total. The van der Waals surface area contributed by atoms with Crippen LogP contribution in [0.4, 0.5) is 4.39 Å². The van der Waals surface area contributed by atoms with Crippen LogP contribution >= 0.6 is 0 Å². The van der Waals surface area contributed by atoms with Crippen LogP contribution in [0.5, 0.6) is 5.75 Å². The number of benzene rings is 2. The van der Waals surface area contributed by atoms with E-state index in [1.54, 1.807) is 36.4 Å². The van der Waals surface area contributed by atoms with Crippen molar-refractivity contribution in [2.45, 2.75) is 6.10 Å². The Morgan fingerprint density at radius 3 is 2.47 bits per heavy atom. The minimum atomic E-state index is -1.03. The van der Waals surface area contributed by atoms with E-state index in [1.165, 1.54) is 12.1 Å². The van der Waals surface area contributed by atoms with Gasteiger partial charge in [-0.1, -0.05) is 18.2 Å². The highest BCUT2D eigenvalue weighted by Crippen LogP contribution is 2.19. The van der Waals surface area contributed by atoms with Crippen molar-refractivity contribution in [3.63, 3.8) is 0 Å². The zero-order chi connectivity index (χ0) is 13.7. The highest BCUT2D eigenvalue weighted by molar-refractivity contribution is 5.34. The summed E-state index contributed by atoms with van der Waals surface area (Å²) < 4.78 is 18.8. The van der Waals surface area contributed by atoms with Crippen LogP contribution in [-0.2, 0) is 0 Å². The van der Waals surface area contributed by atoms with Crippen LogP contribution in [0.3, 0.4) is 0 Å². The first-order valence-corrected chi connectivity index (χ1v) is 5.76. The Hall–Kier alpha value is -2.38. The third-order valence-corrected chi connectivity index (χ3v) is 2.66. The molecular weight excluding hydrogens is 245 g/mol. The normalized spacial score (nSPS) is 11.6. The Labute approximate surface area is 110 Å². The molecule has 2 aromatic carbocycles. The molecule has 19 heavy (non-hydrogen) atoms. The molecule has 0 fully saturated rings. The lowest BCUT2D eigenvalue weighted by Gasteiger charge is -2.13. The Kier molecular flexibility index (Phi) is 4.11. The smallest absolute Gasteiger partial charge is 0.129 e. The molecule has 0 aliphatic rings. The van der Waals surface area contributed by atoms with Gasteiger partial charge in [0.1, 0.15) is 24.3 Å². The molecule has 0 heterocycles. The van der Waals surface area contributed by atoms with Crippen molar-refractivity contribution in [3.05, 3.63) is 65.5 Å². The van der Waals surface area contributed by atoms with Gasteiger partial charge in [0.15, 0.2) is 0 Å². The van der Waals surface area contributed by atoms with Gasteiger partial charge in [-0.2, -0.15) is 5.26 Å². The predicted octanol–water partition coefficient (Wildman–Crippen LogP) is 2.81. The molecule has 0 spiro atoms. The first kappa shape index (κ1) is 13.1. The number of halogens is 1. The van der Waals surface area contributed by atoms with Gasteiger partial charge >= 0.3 is 0 Å². The van der Waals surface area contributed by atoms with Gasteiger partial charge < -0.3 is 9.84 Å². The number of nitriles is 1. The second kappa shape index (κ2) is 5.98. The Morgan fingerprint density at radius 1 is 1.16 bits per heavy atom. The third-order valence-electron chi connectivity index (χ3n) is 2.66. The second-order valence-electron chi connectivity index (χ2n) is 3.98. The van der Waals surface area contributed by atoms with E-state index >= 15 is 0 Å². The maximum atomic E-state index is 13.4. The summed E-state index contributed by atoms with van der Waals surface area (Å²) in [6.45, 7) is -0.0488. The average molecular weight is 257 g/mol. The van der Waals surface area contributed by atoms with Gasteiger partial charge in [0.2, 0.25) is 0 Å². The molecular formula is C15H12FNO2. The molecule has 0 aromatic heterocycles. The van der Waals surface area contributed by atoms with E-state index in [-0.39, 0.29) is 12.2 Å². The molecule has 0 bridgehead atoms. The topological polar surface area (TPSA) is 53.2 Å². The molecule has 0 saturated carbocycles. The average Bonchev–Trinajstić information content (AvgIpc) is 2.46. The SMILES string of the molecule is N#Cc1ccc(OCC(O)c2ccccc2F)cc1. The van der Waals surface area contributed by atoms with Gasteiger partial charge in [-0.3, -0.25) is 0 Å². The van der Waals surface area contributed by atoms with E-state index in [9.17, 15) is 9.50 Å². The highest BCUT2D eigenvalue weighted by atomic mass is 19.1. The minimum Gasteiger partial charge on any atom is -0.491 e. The fourth-order valence-corrected chi connectivity index (χ4v) is 1.64. The number of nitrogens with zero attached hydrogens (tertiary/aromatic N) is 1. The Morgan fingerprint density at radius 2 is 1.84 bits per heavy atom. The molecule has 2 rings (SSSR count). The van der Waals surface area contributed by atoms with Crippen molar-refractivity contribution >= 4 is 0 Å². The van der Waals surface area contributed by atoms with Crippen molar-refractivity contribution in [3.8, 4) is 11.8 Å². The van der Waals surface area contributed by atoms with Crippen LogP contribution in [0, 0.1) is 17.1 Å². The van der Waals surface area contributed by atoms with Crippen molar-refractivity contribution in [1.82, 2.24) is 0 Å². The molecule has 1 atom stereocenters. The van der Waals surface area contributed by atoms with E-state index < -0.39 is 11.9 Å². The van der Waals surface area contributed by atoms with E-state index in [2.05, 4.69) is 0 Å². The van der Waals surface area contributed by atoms with E-state index in [0.29, 0.717) is 11.3 Å². The molecule has 0 radical (unpaired) electrons.